The van der Waals surface area contributed by atoms with Crippen LogP contribution in [0.15, 0.2) is 30.3 Å². The van der Waals surface area contributed by atoms with E-state index in [1.807, 2.05) is 30.3 Å². The number of imide groups is 1. The van der Waals surface area contributed by atoms with Gasteiger partial charge in [-0.05, 0) is 58.9 Å². The number of amides is 3. The molecular weight excluding hydrogens is 536 g/mol. The number of benzene rings is 1. The van der Waals surface area contributed by atoms with Crippen molar-refractivity contribution in [2.75, 3.05) is 6.61 Å². The van der Waals surface area contributed by atoms with Gasteiger partial charge in [-0.3, -0.25) is 9.69 Å². The Morgan fingerprint density at radius 3 is 2.42 bits per heavy atom. The lowest BCUT2D eigenvalue weighted by atomic mass is 9.82. The van der Waals surface area contributed by atoms with Crippen molar-refractivity contribution in [3.05, 3.63) is 35.9 Å². The SMILES string of the molecule is CC(C)(C)OC(=O)N1[C@H](CC2CCCCC2)C(C(O)C(Cl)C(=O)N2C(=O)OCC2Cc2ccccc2)OC1(C)C. The van der Waals surface area contributed by atoms with Crippen LogP contribution in [0.3, 0.4) is 0 Å². The maximum absolute atomic E-state index is 13.6. The predicted octanol–water partition coefficient (Wildman–Crippen LogP) is 5.26. The number of hydrogen-bond donors (Lipinski definition) is 1. The standard InChI is InChI=1S/C30H43ClN2O7/c1-29(2,3)40-28(37)33-22(17-20-14-10-7-11-15-20)25(39-30(33,4)5)24(34)23(31)26(35)32-21(18-38-27(32)36)16-19-12-8-6-9-13-19/h6,8-9,12-13,20-25,34H,7,10-11,14-18H2,1-5H3/t21?,22-,23?,24?,25?/m1/s1. The van der Waals surface area contributed by atoms with Crippen molar-refractivity contribution in [3.63, 3.8) is 0 Å². The first-order chi connectivity index (χ1) is 18.8. The molecule has 2 saturated heterocycles. The number of halogens is 1. The zero-order valence-electron chi connectivity index (χ0n) is 24.2. The Bertz CT molecular complexity index is 1050. The van der Waals surface area contributed by atoms with Gasteiger partial charge in [0.15, 0.2) is 0 Å². The maximum atomic E-state index is 13.6. The van der Waals surface area contributed by atoms with Crippen LogP contribution in [0.5, 0.6) is 0 Å². The van der Waals surface area contributed by atoms with Gasteiger partial charge in [0.1, 0.15) is 35.5 Å². The van der Waals surface area contributed by atoms with E-state index in [2.05, 4.69) is 0 Å². The fourth-order valence-corrected chi connectivity index (χ4v) is 6.44. The molecule has 222 valence electrons. The summed E-state index contributed by atoms with van der Waals surface area (Å²) < 4.78 is 17.2. The van der Waals surface area contributed by atoms with Crippen LogP contribution < -0.4 is 0 Å². The second kappa shape index (κ2) is 12.2. The van der Waals surface area contributed by atoms with Crippen molar-refractivity contribution in [2.45, 2.75) is 121 Å². The van der Waals surface area contributed by atoms with E-state index in [0.717, 1.165) is 36.1 Å². The summed E-state index contributed by atoms with van der Waals surface area (Å²) >= 11 is 6.65. The Morgan fingerprint density at radius 1 is 1.15 bits per heavy atom. The number of cyclic esters (lactones) is 1. The van der Waals surface area contributed by atoms with Crippen molar-refractivity contribution < 1.29 is 33.7 Å². The zero-order chi connectivity index (χ0) is 29.2. The van der Waals surface area contributed by atoms with Crippen LogP contribution >= 0.6 is 11.6 Å². The number of ether oxygens (including phenoxy) is 3. The van der Waals surface area contributed by atoms with E-state index in [1.54, 1.807) is 39.5 Å². The topological polar surface area (TPSA) is 106 Å². The summed E-state index contributed by atoms with van der Waals surface area (Å²) in [7, 11) is 0. The molecule has 4 rings (SSSR count). The third kappa shape index (κ3) is 6.92. The smallest absolute Gasteiger partial charge is 0.417 e. The van der Waals surface area contributed by atoms with E-state index in [-0.39, 0.29) is 6.61 Å². The first-order valence-electron chi connectivity index (χ1n) is 14.3. The lowest BCUT2D eigenvalue weighted by Crippen LogP contribution is -2.54. The number of aliphatic hydroxyl groups is 1. The van der Waals surface area contributed by atoms with Gasteiger partial charge in [-0.2, -0.15) is 0 Å². The number of aliphatic hydroxyl groups excluding tert-OH is 1. The molecule has 1 saturated carbocycles. The summed E-state index contributed by atoms with van der Waals surface area (Å²) in [5, 5.41) is 10.1. The van der Waals surface area contributed by atoms with E-state index >= 15 is 0 Å². The molecule has 0 spiro atoms. The summed E-state index contributed by atoms with van der Waals surface area (Å²) in [6.45, 7) is 8.93. The lowest BCUT2D eigenvalue weighted by molar-refractivity contribution is -0.136. The number of carbonyl (C=O) groups excluding carboxylic acids is 3. The van der Waals surface area contributed by atoms with E-state index in [0.29, 0.717) is 18.8 Å². The lowest BCUT2D eigenvalue weighted by Gasteiger charge is -2.37. The molecular formula is C30H43ClN2O7. The molecule has 3 aliphatic rings. The third-order valence-corrected chi connectivity index (χ3v) is 8.44. The molecule has 1 aromatic rings. The number of hydrogen-bond acceptors (Lipinski definition) is 7. The van der Waals surface area contributed by atoms with Crippen molar-refractivity contribution >= 4 is 29.7 Å². The van der Waals surface area contributed by atoms with Crippen molar-refractivity contribution in [3.8, 4) is 0 Å². The molecule has 40 heavy (non-hydrogen) atoms. The van der Waals surface area contributed by atoms with E-state index < -0.39 is 59.1 Å². The molecule has 1 N–H and O–H groups in total. The van der Waals surface area contributed by atoms with E-state index in [1.165, 1.54) is 6.42 Å². The Morgan fingerprint density at radius 2 is 1.80 bits per heavy atom. The highest BCUT2D eigenvalue weighted by atomic mass is 35.5. The molecule has 0 aromatic heterocycles. The summed E-state index contributed by atoms with van der Waals surface area (Å²) in [6, 6.07) is 8.37. The van der Waals surface area contributed by atoms with E-state index in [4.69, 9.17) is 25.8 Å². The Balaban J connectivity index is 1.56. The van der Waals surface area contributed by atoms with Gasteiger partial charge in [0.25, 0.3) is 5.91 Å². The molecule has 10 heteroatoms. The molecule has 0 radical (unpaired) electrons. The zero-order valence-corrected chi connectivity index (χ0v) is 24.9. The second-order valence-corrected chi connectivity index (χ2v) is 13.2. The van der Waals surface area contributed by atoms with E-state index in [9.17, 15) is 19.5 Å². The van der Waals surface area contributed by atoms with Gasteiger partial charge in [-0.1, -0.05) is 62.4 Å². The van der Waals surface area contributed by atoms with Crippen molar-refractivity contribution in [2.24, 2.45) is 5.92 Å². The Hall–Kier alpha value is -2.36. The molecule has 9 nitrogen and oxygen atoms in total. The number of carbonyl (C=O) groups is 3. The third-order valence-electron chi connectivity index (χ3n) is 7.99. The number of nitrogens with zero attached hydrogens (tertiary/aromatic N) is 2. The van der Waals surface area contributed by atoms with Gasteiger partial charge < -0.3 is 19.3 Å². The Labute approximate surface area is 242 Å². The average molecular weight is 579 g/mol. The molecule has 4 unspecified atom stereocenters. The first-order valence-corrected chi connectivity index (χ1v) is 14.8. The molecule has 5 atom stereocenters. The van der Waals surface area contributed by atoms with Crippen molar-refractivity contribution in [1.29, 1.82) is 0 Å². The highest BCUT2D eigenvalue weighted by Gasteiger charge is 2.56. The molecule has 3 fully saturated rings. The average Bonchev–Trinajstić information content (AvgIpc) is 3.38. The van der Waals surface area contributed by atoms with Crippen LogP contribution in [0.4, 0.5) is 9.59 Å². The largest absolute Gasteiger partial charge is 0.447 e. The summed E-state index contributed by atoms with van der Waals surface area (Å²) in [5.41, 5.74) is -0.902. The number of alkyl halides is 1. The van der Waals surface area contributed by atoms with Gasteiger partial charge in [-0.25, -0.2) is 14.5 Å². The molecule has 1 aromatic carbocycles. The molecule has 2 heterocycles. The molecule has 0 bridgehead atoms. The van der Waals surface area contributed by atoms with Gasteiger partial charge in [0.05, 0.1) is 12.1 Å². The second-order valence-electron chi connectivity index (χ2n) is 12.7. The van der Waals surface area contributed by atoms with Gasteiger partial charge in [-0.15, -0.1) is 11.6 Å². The van der Waals surface area contributed by atoms with Crippen LogP contribution in [-0.4, -0.2) is 80.6 Å². The van der Waals surface area contributed by atoms with Crippen LogP contribution in [0.2, 0.25) is 0 Å². The van der Waals surface area contributed by atoms with Crippen LogP contribution in [-0.2, 0) is 25.4 Å². The molecule has 1 aliphatic carbocycles. The van der Waals surface area contributed by atoms with Crippen molar-refractivity contribution in [1.82, 2.24) is 9.80 Å². The quantitative estimate of drug-likeness (QED) is 0.440. The van der Waals surface area contributed by atoms with Crippen LogP contribution in [0, 0.1) is 5.92 Å². The first kappa shape index (κ1) is 30.6. The molecule has 2 aliphatic heterocycles. The summed E-state index contributed by atoms with van der Waals surface area (Å²) in [5.74, 6) is -0.407. The van der Waals surface area contributed by atoms with Crippen LogP contribution in [0.1, 0.15) is 78.7 Å². The maximum Gasteiger partial charge on any atom is 0.417 e. The number of rotatable bonds is 7. The van der Waals surface area contributed by atoms with Gasteiger partial charge in [0.2, 0.25) is 0 Å². The fraction of sp³-hybridized carbons (Fsp3) is 0.700. The minimum atomic E-state index is -1.49. The monoisotopic (exact) mass is 578 g/mol. The minimum absolute atomic E-state index is 0.0445. The summed E-state index contributed by atoms with van der Waals surface area (Å²) in [4.78, 5) is 42.2. The predicted molar refractivity (Wildman–Crippen MR) is 150 cm³/mol. The summed E-state index contributed by atoms with van der Waals surface area (Å²) in [6.07, 6.45) is 2.66. The minimum Gasteiger partial charge on any atom is -0.447 e. The fourth-order valence-electron chi connectivity index (χ4n) is 6.19. The molecule has 3 amide bonds. The normalized spacial score (nSPS) is 26.9. The highest BCUT2D eigenvalue weighted by Crippen LogP contribution is 2.41. The van der Waals surface area contributed by atoms with Gasteiger partial charge >= 0.3 is 12.2 Å². The van der Waals surface area contributed by atoms with Gasteiger partial charge in [0, 0.05) is 0 Å². The Kier molecular flexibility index (Phi) is 9.37. The highest BCUT2D eigenvalue weighted by molar-refractivity contribution is 6.32. The van der Waals surface area contributed by atoms with Crippen LogP contribution in [0.25, 0.3) is 0 Å².